The van der Waals surface area contributed by atoms with Gasteiger partial charge in [0.25, 0.3) is 0 Å². The third kappa shape index (κ3) is 2.32. The molecule has 0 bridgehead atoms. The summed E-state index contributed by atoms with van der Waals surface area (Å²) in [6, 6.07) is 0. The average molecular weight is 212 g/mol. The Bertz CT molecular complexity index is 397. The predicted molar refractivity (Wildman–Crippen MR) is 62.9 cm³/mol. The SMILES string of the molecule is CC(C)(C)CCNc1c(N)c(=O)c1=S. The van der Waals surface area contributed by atoms with Crippen molar-refractivity contribution in [2.75, 3.05) is 17.6 Å². The number of nitrogens with two attached hydrogens (primary N) is 1. The molecule has 0 aliphatic carbocycles. The molecule has 0 saturated carbocycles. The van der Waals surface area contributed by atoms with Crippen LogP contribution in [0.4, 0.5) is 11.4 Å². The van der Waals surface area contributed by atoms with Crippen molar-refractivity contribution in [3.63, 3.8) is 0 Å². The van der Waals surface area contributed by atoms with Crippen LogP contribution in [0, 0.1) is 9.93 Å². The maximum absolute atomic E-state index is 11.0. The van der Waals surface area contributed by atoms with Gasteiger partial charge in [-0.15, -0.1) is 0 Å². The van der Waals surface area contributed by atoms with Crippen molar-refractivity contribution in [1.29, 1.82) is 0 Å². The molecule has 0 saturated heterocycles. The fourth-order valence-electron chi connectivity index (χ4n) is 1.15. The lowest BCUT2D eigenvalue weighted by Crippen LogP contribution is -2.22. The van der Waals surface area contributed by atoms with Gasteiger partial charge in [0.2, 0.25) is 5.43 Å². The molecule has 0 aliphatic rings. The standard InChI is InChI=1S/C10H16N2OS/c1-10(2,3)4-5-12-7-6(11)8(13)9(7)14/h12H,4-5,11H2,1-3H3. The summed E-state index contributed by atoms with van der Waals surface area (Å²) in [5.41, 5.74) is 6.51. The Morgan fingerprint density at radius 1 is 1.43 bits per heavy atom. The number of nitrogens with one attached hydrogen (secondary N) is 1. The normalized spacial score (nSPS) is 11.9. The summed E-state index contributed by atoms with van der Waals surface area (Å²) in [7, 11) is 0. The smallest absolute Gasteiger partial charge is 0.223 e. The Hall–Kier alpha value is -0.900. The second-order valence-corrected chi connectivity index (χ2v) is 5.09. The highest BCUT2D eigenvalue weighted by Gasteiger charge is 2.15. The Morgan fingerprint density at radius 3 is 2.43 bits per heavy atom. The minimum atomic E-state index is -0.196. The van der Waals surface area contributed by atoms with Crippen molar-refractivity contribution in [3.8, 4) is 0 Å². The highest BCUT2D eigenvalue weighted by atomic mass is 32.1. The number of rotatable bonds is 3. The van der Waals surface area contributed by atoms with Crippen LogP contribution in [0.5, 0.6) is 0 Å². The molecule has 0 atom stereocenters. The van der Waals surface area contributed by atoms with E-state index in [0.717, 1.165) is 13.0 Å². The van der Waals surface area contributed by atoms with Crippen molar-refractivity contribution in [2.45, 2.75) is 27.2 Å². The summed E-state index contributed by atoms with van der Waals surface area (Å²) in [6.45, 7) is 7.29. The van der Waals surface area contributed by atoms with Crippen molar-refractivity contribution in [1.82, 2.24) is 0 Å². The van der Waals surface area contributed by atoms with Gasteiger partial charge in [0.1, 0.15) is 10.2 Å². The number of hydrogen-bond donors (Lipinski definition) is 2. The van der Waals surface area contributed by atoms with Crippen LogP contribution in [0.15, 0.2) is 4.79 Å². The molecule has 0 aliphatic heterocycles. The minimum absolute atomic E-state index is 0.196. The first-order valence-corrected chi connectivity index (χ1v) is 5.06. The molecule has 0 heterocycles. The summed E-state index contributed by atoms with van der Waals surface area (Å²) >= 11 is 4.86. The molecular weight excluding hydrogens is 196 g/mol. The van der Waals surface area contributed by atoms with Gasteiger partial charge in [-0.1, -0.05) is 33.0 Å². The van der Waals surface area contributed by atoms with Crippen LogP contribution < -0.4 is 16.5 Å². The van der Waals surface area contributed by atoms with Crippen molar-refractivity contribution in [2.24, 2.45) is 5.41 Å². The molecule has 0 spiro atoms. The van der Waals surface area contributed by atoms with E-state index in [1.807, 2.05) is 0 Å². The van der Waals surface area contributed by atoms with Gasteiger partial charge in [-0.2, -0.15) is 0 Å². The second kappa shape index (κ2) is 3.69. The Balaban J connectivity index is 2.49. The van der Waals surface area contributed by atoms with Crippen LogP contribution in [0.25, 0.3) is 0 Å². The van der Waals surface area contributed by atoms with E-state index in [2.05, 4.69) is 26.1 Å². The molecule has 78 valence electrons. The molecule has 3 nitrogen and oxygen atoms in total. The molecule has 3 N–H and O–H groups in total. The summed E-state index contributed by atoms with van der Waals surface area (Å²) in [4.78, 5) is 11.0. The van der Waals surface area contributed by atoms with Crippen LogP contribution in [-0.2, 0) is 0 Å². The lowest BCUT2D eigenvalue weighted by molar-refractivity contribution is 0.390. The van der Waals surface area contributed by atoms with E-state index >= 15 is 0 Å². The van der Waals surface area contributed by atoms with Crippen LogP contribution >= 0.6 is 12.2 Å². The lowest BCUT2D eigenvalue weighted by atomic mass is 9.92. The van der Waals surface area contributed by atoms with E-state index in [4.69, 9.17) is 18.0 Å². The van der Waals surface area contributed by atoms with Gasteiger partial charge in [0.05, 0.1) is 5.69 Å². The second-order valence-electron chi connectivity index (χ2n) is 4.68. The molecule has 4 heteroatoms. The van der Waals surface area contributed by atoms with E-state index in [9.17, 15) is 4.79 Å². The first-order valence-electron chi connectivity index (χ1n) is 4.65. The zero-order chi connectivity index (χ0) is 10.9. The fraction of sp³-hybridized carbons (Fsp3) is 0.600. The third-order valence-corrected chi connectivity index (χ3v) is 2.51. The first kappa shape index (κ1) is 11.2. The Labute approximate surface area is 89.0 Å². The van der Waals surface area contributed by atoms with Gasteiger partial charge in [-0.3, -0.25) is 4.79 Å². The topological polar surface area (TPSA) is 55.1 Å². The summed E-state index contributed by atoms with van der Waals surface area (Å²) in [5.74, 6) is 0. The molecule has 1 aromatic carbocycles. The number of anilines is 2. The van der Waals surface area contributed by atoms with Gasteiger partial charge >= 0.3 is 0 Å². The quantitative estimate of drug-likeness (QED) is 0.753. The molecular formula is C10H16N2OS. The lowest BCUT2D eigenvalue weighted by Gasteiger charge is -2.19. The highest BCUT2D eigenvalue weighted by Crippen LogP contribution is 2.22. The van der Waals surface area contributed by atoms with E-state index in [-0.39, 0.29) is 16.5 Å². The molecule has 0 radical (unpaired) electrons. The minimum Gasteiger partial charge on any atom is -0.394 e. The molecule has 0 fully saturated rings. The van der Waals surface area contributed by atoms with Crippen LogP contribution in [0.1, 0.15) is 27.2 Å². The van der Waals surface area contributed by atoms with Crippen molar-refractivity contribution in [3.05, 3.63) is 14.7 Å². The van der Waals surface area contributed by atoms with Crippen molar-refractivity contribution >= 4 is 23.6 Å². The molecule has 0 amide bonds. The van der Waals surface area contributed by atoms with E-state index in [1.165, 1.54) is 0 Å². The van der Waals surface area contributed by atoms with E-state index < -0.39 is 0 Å². The molecule has 1 aromatic rings. The molecule has 0 aromatic heterocycles. The zero-order valence-corrected chi connectivity index (χ0v) is 9.62. The molecule has 1 rings (SSSR count). The van der Waals surface area contributed by atoms with Crippen LogP contribution in [0.3, 0.4) is 0 Å². The first-order chi connectivity index (χ1) is 6.33. The maximum Gasteiger partial charge on any atom is 0.223 e. The summed E-state index contributed by atoms with van der Waals surface area (Å²) < 4.78 is 0.344. The molecule has 0 unspecified atom stereocenters. The van der Waals surface area contributed by atoms with Gasteiger partial charge in [0, 0.05) is 6.54 Å². The zero-order valence-electron chi connectivity index (χ0n) is 8.81. The van der Waals surface area contributed by atoms with Crippen molar-refractivity contribution < 1.29 is 0 Å². The number of hydrogen-bond acceptors (Lipinski definition) is 4. The highest BCUT2D eigenvalue weighted by molar-refractivity contribution is 7.71. The monoisotopic (exact) mass is 212 g/mol. The van der Waals surface area contributed by atoms with E-state index in [0.29, 0.717) is 10.2 Å². The Morgan fingerprint density at radius 2 is 2.00 bits per heavy atom. The van der Waals surface area contributed by atoms with Gasteiger partial charge in [-0.05, 0) is 11.8 Å². The Kier molecular flexibility index (Phi) is 2.95. The van der Waals surface area contributed by atoms with Gasteiger partial charge < -0.3 is 11.1 Å². The summed E-state index contributed by atoms with van der Waals surface area (Å²) in [5, 5.41) is 3.10. The fourth-order valence-corrected chi connectivity index (χ4v) is 1.44. The number of nitrogen functional groups attached to an aromatic ring is 1. The average Bonchev–Trinajstić information content (AvgIpc) is 2.09. The van der Waals surface area contributed by atoms with Gasteiger partial charge in [-0.25, -0.2) is 0 Å². The third-order valence-electron chi connectivity index (χ3n) is 2.12. The van der Waals surface area contributed by atoms with E-state index in [1.54, 1.807) is 0 Å². The maximum atomic E-state index is 11.0. The van der Waals surface area contributed by atoms with Crippen LogP contribution in [0.2, 0.25) is 0 Å². The molecule has 14 heavy (non-hydrogen) atoms. The predicted octanol–water partition coefficient (Wildman–Crippen LogP) is 2.08. The van der Waals surface area contributed by atoms with Gasteiger partial charge in [0.15, 0.2) is 0 Å². The van der Waals surface area contributed by atoms with Crippen LogP contribution in [-0.4, -0.2) is 6.54 Å². The summed E-state index contributed by atoms with van der Waals surface area (Å²) in [6.07, 6.45) is 1.01. The largest absolute Gasteiger partial charge is 0.394 e.